The third-order valence-corrected chi connectivity index (χ3v) is 0.940. The Kier molecular flexibility index (Phi) is 6.21. The molecule has 0 N–H and O–H groups in total. The van der Waals surface area contributed by atoms with Crippen LogP contribution in [0.3, 0.4) is 0 Å². The van der Waals surface area contributed by atoms with E-state index in [0.29, 0.717) is 0 Å². The van der Waals surface area contributed by atoms with Crippen LogP contribution < -0.4 is 0 Å². The van der Waals surface area contributed by atoms with Crippen molar-refractivity contribution in [3.63, 3.8) is 0 Å². The summed E-state index contributed by atoms with van der Waals surface area (Å²) in [5.74, 6) is 0. The lowest BCUT2D eigenvalue weighted by Gasteiger charge is -1.83. The van der Waals surface area contributed by atoms with Crippen LogP contribution >= 0.6 is 11.7 Å². The lowest BCUT2D eigenvalue weighted by atomic mass is 10.2. The van der Waals surface area contributed by atoms with Gasteiger partial charge in [-0.1, -0.05) is 47.6 Å². The molecule has 0 fully saturated rings. The van der Waals surface area contributed by atoms with E-state index >= 15 is 0 Å². The van der Waals surface area contributed by atoms with Crippen LogP contribution in [0.5, 0.6) is 0 Å². The standard InChI is InChI=1S/C7H8.H2O2S2/c1-7-5-3-2-4-6-7;1-4(2)3/h2-6H,1H3;(H2,1,2,3)/p-1. The fourth-order valence-corrected chi connectivity index (χ4v) is 0.534. The summed E-state index contributed by atoms with van der Waals surface area (Å²) in [6, 6.07) is 10.3. The minimum Gasteiger partial charge on any atom is -0.764 e. The number of rotatable bonds is 0. The molecule has 0 amide bonds. The molecule has 62 valence electrons. The Morgan fingerprint density at radius 2 is 1.73 bits per heavy atom. The van der Waals surface area contributed by atoms with Gasteiger partial charge in [0.15, 0.2) is 0 Å². The van der Waals surface area contributed by atoms with Crippen molar-refractivity contribution in [3.8, 4) is 0 Å². The summed E-state index contributed by atoms with van der Waals surface area (Å²) in [5, 5.41) is 0. The molecule has 0 aliphatic rings. The Bertz CT molecular complexity index is 207. The molecule has 0 aliphatic heterocycles. The van der Waals surface area contributed by atoms with Gasteiger partial charge in [-0.05, 0) is 6.92 Å². The Balaban J connectivity index is 0.000000218. The maximum atomic E-state index is 8.86. The average Bonchev–Trinajstić information content (AvgIpc) is 1.87. The summed E-state index contributed by atoms with van der Waals surface area (Å²) in [6.45, 7) is 2.08. The van der Waals surface area contributed by atoms with E-state index in [4.69, 9.17) is 8.76 Å². The molecule has 0 saturated heterocycles. The molecule has 2 nitrogen and oxygen atoms in total. The molecule has 0 radical (unpaired) electrons. The molecule has 1 rings (SSSR count). The second-order valence-corrected chi connectivity index (χ2v) is 3.20. The minimum absolute atomic E-state index is 1.32. The van der Waals surface area contributed by atoms with Crippen LogP contribution in [0.15, 0.2) is 30.3 Å². The van der Waals surface area contributed by atoms with Crippen molar-refractivity contribution in [1.29, 1.82) is 0 Å². The second-order valence-electron chi connectivity index (χ2n) is 1.87. The molecule has 0 aliphatic carbocycles. The van der Waals surface area contributed by atoms with Gasteiger partial charge in [-0.3, -0.25) is 4.21 Å². The van der Waals surface area contributed by atoms with Crippen molar-refractivity contribution in [2.75, 3.05) is 0 Å². The van der Waals surface area contributed by atoms with Crippen LogP contribution in [-0.2, 0) is 10.1 Å². The van der Waals surface area contributed by atoms with Gasteiger partial charge in [0.05, 0.1) is 0 Å². The van der Waals surface area contributed by atoms with E-state index in [0.717, 1.165) is 0 Å². The van der Waals surface area contributed by atoms with Gasteiger partial charge in [0.1, 0.15) is 0 Å². The fraction of sp³-hybridized carbons (Fsp3) is 0.143. The largest absolute Gasteiger partial charge is 0.764 e. The zero-order valence-corrected chi connectivity index (χ0v) is 7.77. The topological polar surface area (TPSA) is 40.1 Å². The van der Waals surface area contributed by atoms with Crippen molar-refractivity contribution in [2.45, 2.75) is 6.92 Å². The van der Waals surface area contributed by atoms with Gasteiger partial charge in [0.25, 0.3) is 0 Å². The molecule has 0 spiro atoms. The minimum atomic E-state index is -2.17. The van der Waals surface area contributed by atoms with Gasteiger partial charge in [-0.25, -0.2) is 0 Å². The zero-order valence-electron chi connectivity index (χ0n) is 6.06. The van der Waals surface area contributed by atoms with Crippen LogP contribution in [-0.4, -0.2) is 8.76 Å². The first-order valence-corrected chi connectivity index (χ1v) is 5.05. The zero-order chi connectivity index (χ0) is 8.69. The van der Waals surface area contributed by atoms with E-state index in [-0.39, 0.29) is 0 Å². The van der Waals surface area contributed by atoms with E-state index in [1.54, 1.807) is 0 Å². The Morgan fingerprint density at radius 3 is 1.91 bits per heavy atom. The molecule has 1 aromatic rings. The predicted molar refractivity (Wildman–Crippen MR) is 49.1 cm³/mol. The van der Waals surface area contributed by atoms with Crippen molar-refractivity contribution in [3.05, 3.63) is 35.9 Å². The van der Waals surface area contributed by atoms with Gasteiger partial charge in [-0.2, -0.15) is 0 Å². The first-order chi connectivity index (χ1) is 5.13. The quantitative estimate of drug-likeness (QED) is 0.383. The van der Waals surface area contributed by atoms with Crippen molar-refractivity contribution in [2.24, 2.45) is 0 Å². The first kappa shape index (κ1) is 10.7. The van der Waals surface area contributed by atoms with E-state index in [1.165, 1.54) is 5.56 Å². The Morgan fingerprint density at radius 1 is 1.36 bits per heavy atom. The van der Waals surface area contributed by atoms with Crippen LogP contribution in [0.1, 0.15) is 5.56 Å². The van der Waals surface area contributed by atoms with E-state index < -0.39 is 10.1 Å². The number of hydrogen-bond donors (Lipinski definition) is 1. The summed E-state index contributed by atoms with van der Waals surface area (Å²) in [4.78, 5) is 0. The van der Waals surface area contributed by atoms with Gasteiger partial charge in [0, 0.05) is 10.1 Å². The molecule has 4 heteroatoms. The Hall–Kier alpha value is -0.320. The highest BCUT2D eigenvalue weighted by molar-refractivity contribution is 8.57. The molecule has 1 atom stereocenters. The molecule has 0 bridgehead atoms. The molecule has 11 heavy (non-hydrogen) atoms. The van der Waals surface area contributed by atoms with Crippen LogP contribution in [0, 0.1) is 6.92 Å². The summed E-state index contributed by atoms with van der Waals surface area (Å²) in [7, 11) is -2.17. The smallest absolute Gasteiger partial charge is 0.00367 e. The van der Waals surface area contributed by atoms with Crippen molar-refractivity contribution >= 4 is 21.8 Å². The first-order valence-electron chi connectivity index (χ1n) is 2.93. The highest BCUT2D eigenvalue weighted by Crippen LogP contribution is 1.92. The fourth-order valence-electron chi connectivity index (χ4n) is 0.534. The summed E-state index contributed by atoms with van der Waals surface area (Å²) >= 11 is 2.88. The molecular weight excluding hydrogens is 180 g/mol. The van der Waals surface area contributed by atoms with E-state index in [1.807, 2.05) is 18.2 Å². The predicted octanol–water partition coefficient (Wildman–Crippen LogP) is 1.71. The van der Waals surface area contributed by atoms with Crippen LogP contribution in [0.4, 0.5) is 0 Å². The van der Waals surface area contributed by atoms with Crippen molar-refractivity contribution < 1.29 is 8.76 Å². The third kappa shape index (κ3) is 9.68. The number of aryl methyl sites for hydroxylation is 1. The number of thiol groups is 1. The highest BCUT2D eigenvalue weighted by atomic mass is 33.1. The van der Waals surface area contributed by atoms with E-state index in [2.05, 4.69) is 30.7 Å². The van der Waals surface area contributed by atoms with Gasteiger partial charge in [-0.15, -0.1) is 0 Å². The van der Waals surface area contributed by atoms with Crippen LogP contribution in [0.2, 0.25) is 0 Å². The molecule has 0 heterocycles. The van der Waals surface area contributed by atoms with E-state index in [9.17, 15) is 0 Å². The number of benzene rings is 1. The SMILES string of the molecule is Cc1ccccc1.O=S([O-])S. The van der Waals surface area contributed by atoms with Crippen LogP contribution in [0.25, 0.3) is 0 Å². The molecule has 1 aromatic carbocycles. The summed E-state index contributed by atoms with van der Waals surface area (Å²) < 4.78 is 17.7. The maximum Gasteiger partial charge on any atom is 0.00367 e. The average molecular weight is 189 g/mol. The molecule has 0 saturated carbocycles. The molecule has 1 unspecified atom stereocenters. The summed E-state index contributed by atoms with van der Waals surface area (Å²) in [5.41, 5.74) is 1.32. The van der Waals surface area contributed by atoms with Gasteiger partial charge < -0.3 is 4.55 Å². The third-order valence-electron chi connectivity index (χ3n) is 0.940. The number of hydrogen-bond acceptors (Lipinski definition) is 2. The molecular formula is C7H9O2S2-. The van der Waals surface area contributed by atoms with Gasteiger partial charge in [0.2, 0.25) is 0 Å². The Labute approximate surface area is 73.7 Å². The lowest BCUT2D eigenvalue weighted by Crippen LogP contribution is -1.62. The highest BCUT2D eigenvalue weighted by Gasteiger charge is 1.72. The maximum absolute atomic E-state index is 8.86. The second kappa shape index (κ2) is 6.39. The summed E-state index contributed by atoms with van der Waals surface area (Å²) in [6.07, 6.45) is 0. The normalized spacial score (nSPS) is 11.2. The van der Waals surface area contributed by atoms with Crippen molar-refractivity contribution in [1.82, 2.24) is 0 Å². The monoisotopic (exact) mass is 189 g/mol. The van der Waals surface area contributed by atoms with Gasteiger partial charge >= 0.3 is 0 Å². The molecule has 0 aromatic heterocycles. The lowest BCUT2D eigenvalue weighted by molar-refractivity contribution is 0.554.